The molecule has 0 aliphatic carbocycles. The molecule has 5 nitrogen and oxygen atoms in total. The summed E-state index contributed by atoms with van der Waals surface area (Å²) in [5.74, 6) is 0.959. The first-order valence-corrected chi connectivity index (χ1v) is 8.55. The fourth-order valence-electron chi connectivity index (χ4n) is 2.59. The van der Waals surface area contributed by atoms with Crippen LogP contribution in [0, 0.1) is 0 Å². The minimum absolute atomic E-state index is 0.717. The van der Waals surface area contributed by atoms with Crippen LogP contribution in [-0.2, 0) is 11.3 Å². The smallest absolute Gasteiger partial charge is 0.193 e. The number of aliphatic imine (C=N–C) groups is 1. The molecule has 0 aromatic heterocycles. The minimum atomic E-state index is 0.717. The van der Waals surface area contributed by atoms with Crippen LogP contribution in [-0.4, -0.2) is 69.2 Å². The molecule has 128 valence electrons. The third-order valence-electron chi connectivity index (χ3n) is 3.97. The summed E-state index contributed by atoms with van der Waals surface area (Å²) >= 11 is 0. The van der Waals surface area contributed by atoms with Gasteiger partial charge in [-0.1, -0.05) is 30.3 Å². The maximum atomic E-state index is 5.37. The Bertz CT molecular complexity index is 455. The zero-order valence-electron chi connectivity index (χ0n) is 14.5. The SMILES string of the molecule is CN(C)C(=NCc1ccccc1)NCCCCN1CCOCC1. The van der Waals surface area contributed by atoms with E-state index < -0.39 is 0 Å². The van der Waals surface area contributed by atoms with Gasteiger partial charge >= 0.3 is 0 Å². The van der Waals surface area contributed by atoms with Gasteiger partial charge in [0.15, 0.2) is 5.96 Å². The Morgan fingerprint density at radius 2 is 1.91 bits per heavy atom. The first kappa shape index (κ1) is 17.8. The zero-order chi connectivity index (χ0) is 16.3. The van der Waals surface area contributed by atoms with E-state index in [0.717, 1.165) is 51.8 Å². The summed E-state index contributed by atoms with van der Waals surface area (Å²) in [5.41, 5.74) is 1.24. The van der Waals surface area contributed by atoms with Gasteiger partial charge in [0.25, 0.3) is 0 Å². The number of ether oxygens (including phenoxy) is 1. The first-order valence-electron chi connectivity index (χ1n) is 8.55. The molecule has 0 amide bonds. The third-order valence-corrected chi connectivity index (χ3v) is 3.97. The molecular weight excluding hydrogens is 288 g/mol. The molecule has 1 aliphatic heterocycles. The summed E-state index contributed by atoms with van der Waals surface area (Å²) in [5, 5.41) is 3.46. The highest BCUT2D eigenvalue weighted by molar-refractivity contribution is 5.79. The quantitative estimate of drug-likeness (QED) is 0.473. The zero-order valence-corrected chi connectivity index (χ0v) is 14.5. The number of hydrogen-bond acceptors (Lipinski definition) is 3. The fraction of sp³-hybridized carbons (Fsp3) is 0.611. The van der Waals surface area contributed by atoms with Crippen molar-refractivity contribution in [2.24, 2.45) is 4.99 Å². The van der Waals surface area contributed by atoms with Gasteiger partial charge in [0.05, 0.1) is 19.8 Å². The average Bonchev–Trinajstić information content (AvgIpc) is 2.59. The highest BCUT2D eigenvalue weighted by atomic mass is 16.5. The topological polar surface area (TPSA) is 40.1 Å². The van der Waals surface area contributed by atoms with E-state index in [-0.39, 0.29) is 0 Å². The summed E-state index contributed by atoms with van der Waals surface area (Å²) in [6.45, 7) is 6.78. The predicted octanol–water partition coefficient (Wildman–Crippen LogP) is 1.81. The Balaban J connectivity index is 1.66. The van der Waals surface area contributed by atoms with Gasteiger partial charge in [-0.25, -0.2) is 4.99 Å². The van der Waals surface area contributed by atoms with Crippen LogP contribution in [0.15, 0.2) is 35.3 Å². The fourth-order valence-corrected chi connectivity index (χ4v) is 2.59. The molecule has 0 unspecified atom stereocenters. The van der Waals surface area contributed by atoms with Crippen molar-refractivity contribution in [3.05, 3.63) is 35.9 Å². The Kier molecular flexibility index (Phi) is 7.90. The van der Waals surface area contributed by atoms with Gasteiger partial charge in [-0.3, -0.25) is 4.90 Å². The van der Waals surface area contributed by atoms with E-state index >= 15 is 0 Å². The van der Waals surface area contributed by atoms with Crippen molar-refractivity contribution in [2.45, 2.75) is 19.4 Å². The summed E-state index contributed by atoms with van der Waals surface area (Å²) in [4.78, 5) is 9.22. The molecule has 0 spiro atoms. The maximum absolute atomic E-state index is 5.37. The molecule has 1 aromatic carbocycles. The molecule has 23 heavy (non-hydrogen) atoms. The number of nitrogens with one attached hydrogen (secondary N) is 1. The van der Waals surface area contributed by atoms with E-state index in [2.05, 4.69) is 39.5 Å². The molecule has 1 heterocycles. The van der Waals surface area contributed by atoms with E-state index in [4.69, 9.17) is 4.74 Å². The van der Waals surface area contributed by atoms with Crippen LogP contribution in [0.5, 0.6) is 0 Å². The van der Waals surface area contributed by atoms with Crippen molar-refractivity contribution in [3.63, 3.8) is 0 Å². The van der Waals surface area contributed by atoms with Crippen molar-refractivity contribution >= 4 is 5.96 Å². The average molecular weight is 318 g/mol. The van der Waals surface area contributed by atoms with E-state index in [1.54, 1.807) is 0 Å². The lowest BCUT2D eigenvalue weighted by Gasteiger charge is -2.26. The molecular formula is C18H30N4O. The molecule has 5 heteroatoms. The Hall–Kier alpha value is -1.59. The maximum Gasteiger partial charge on any atom is 0.193 e. The van der Waals surface area contributed by atoms with Crippen LogP contribution in [0.25, 0.3) is 0 Å². The number of guanidine groups is 1. The molecule has 0 atom stereocenters. The van der Waals surface area contributed by atoms with E-state index in [0.29, 0.717) is 0 Å². The number of morpholine rings is 1. The second-order valence-corrected chi connectivity index (χ2v) is 6.11. The van der Waals surface area contributed by atoms with Gasteiger partial charge in [-0.2, -0.15) is 0 Å². The minimum Gasteiger partial charge on any atom is -0.379 e. The number of unbranched alkanes of at least 4 members (excludes halogenated alkanes) is 1. The van der Waals surface area contributed by atoms with Crippen LogP contribution >= 0.6 is 0 Å². The van der Waals surface area contributed by atoms with Gasteiger partial charge in [0.1, 0.15) is 0 Å². The van der Waals surface area contributed by atoms with Crippen molar-refractivity contribution in [2.75, 3.05) is 53.5 Å². The Morgan fingerprint density at radius 3 is 2.61 bits per heavy atom. The highest BCUT2D eigenvalue weighted by Gasteiger charge is 2.09. The lowest BCUT2D eigenvalue weighted by Crippen LogP contribution is -2.38. The van der Waals surface area contributed by atoms with Crippen LogP contribution in [0.4, 0.5) is 0 Å². The highest BCUT2D eigenvalue weighted by Crippen LogP contribution is 2.01. The van der Waals surface area contributed by atoms with Crippen LogP contribution in [0.1, 0.15) is 18.4 Å². The van der Waals surface area contributed by atoms with Gasteiger partial charge in [-0.05, 0) is 24.9 Å². The predicted molar refractivity (Wildman–Crippen MR) is 95.8 cm³/mol. The molecule has 0 saturated carbocycles. The summed E-state index contributed by atoms with van der Waals surface area (Å²) in [7, 11) is 4.06. The molecule has 0 bridgehead atoms. The lowest BCUT2D eigenvalue weighted by atomic mass is 10.2. The molecule has 1 fully saturated rings. The molecule has 1 aliphatic rings. The van der Waals surface area contributed by atoms with Crippen LogP contribution in [0.2, 0.25) is 0 Å². The van der Waals surface area contributed by atoms with Gasteiger partial charge in [0.2, 0.25) is 0 Å². The summed E-state index contributed by atoms with van der Waals surface area (Å²) < 4.78 is 5.37. The molecule has 1 aromatic rings. The van der Waals surface area contributed by atoms with Crippen LogP contribution < -0.4 is 5.32 Å². The van der Waals surface area contributed by atoms with Crippen molar-refractivity contribution in [1.82, 2.24) is 15.1 Å². The lowest BCUT2D eigenvalue weighted by molar-refractivity contribution is 0.0372. The van der Waals surface area contributed by atoms with E-state index in [1.807, 2.05) is 25.1 Å². The first-order chi connectivity index (χ1) is 11.3. The molecule has 2 rings (SSSR count). The van der Waals surface area contributed by atoms with Crippen molar-refractivity contribution in [1.29, 1.82) is 0 Å². The largest absolute Gasteiger partial charge is 0.379 e. The molecule has 0 radical (unpaired) electrons. The van der Waals surface area contributed by atoms with E-state index in [9.17, 15) is 0 Å². The Labute approximate surface area is 140 Å². The monoisotopic (exact) mass is 318 g/mol. The van der Waals surface area contributed by atoms with Crippen LogP contribution in [0.3, 0.4) is 0 Å². The number of nitrogens with zero attached hydrogens (tertiary/aromatic N) is 3. The number of hydrogen-bond donors (Lipinski definition) is 1. The Morgan fingerprint density at radius 1 is 1.17 bits per heavy atom. The standard InChI is InChI=1S/C18H30N4O/c1-21(2)18(20-16-17-8-4-3-5-9-17)19-10-6-7-11-22-12-14-23-15-13-22/h3-5,8-9H,6-7,10-16H2,1-2H3,(H,19,20). The summed E-state index contributed by atoms with van der Waals surface area (Å²) in [6.07, 6.45) is 2.38. The second kappa shape index (κ2) is 10.2. The van der Waals surface area contributed by atoms with Gasteiger partial charge < -0.3 is 15.0 Å². The number of rotatable bonds is 7. The van der Waals surface area contributed by atoms with Gasteiger partial charge in [-0.15, -0.1) is 0 Å². The second-order valence-electron chi connectivity index (χ2n) is 6.11. The van der Waals surface area contributed by atoms with Crippen molar-refractivity contribution in [3.8, 4) is 0 Å². The molecule has 1 saturated heterocycles. The number of benzene rings is 1. The van der Waals surface area contributed by atoms with E-state index in [1.165, 1.54) is 18.5 Å². The normalized spacial score (nSPS) is 16.3. The van der Waals surface area contributed by atoms with Gasteiger partial charge in [0, 0.05) is 33.7 Å². The summed E-state index contributed by atoms with van der Waals surface area (Å²) in [6, 6.07) is 10.4. The molecule has 1 N–H and O–H groups in total. The van der Waals surface area contributed by atoms with Crippen molar-refractivity contribution < 1.29 is 4.74 Å². The third kappa shape index (κ3) is 7.01.